The predicted molar refractivity (Wildman–Crippen MR) is 143 cm³/mol. The fraction of sp³-hybridized carbons (Fsp3) is 0.276. The minimum atomic E-state index is -0.759. The van der Waals surface area contributed by atoms with Crippen molar-refractivity contribution in [3.8, 4) is 11.1 Å². The van der Waals surface area contributed by atoms with Gasteiger partial charge in [-0.05, 0) is 56.0 Å². The first kappa shape index (κ1) is 25.9. The summed E-state index contributed by atoms with van der Waals surface area (Å²) < 4.78 is 22.0. The summed E-state index contributed by atoms with van der Waals surface area (Å²) in [5.74, 6) is -0.468. The van der Waals surface area contributed by atoms with Crippen LogP contribution < -0.4 is 10.9 Å². The Bertz CT molecular complexity index is 1400. The highest BCUT2D eigenvalue weighted by Gasteiger charge is 2.34. The molecular weight excluding hydrogens is 471 g/mol. The van der Waals surface area contributed by atoms with Crippen molar-refractivity contribution in [1.29, 1.82) is 0 Å². The van der Waals surface area contributed by atoms with Crippen LogP contribution in [0.1, 0.15) is 50.0 Å². The number of aromatic nitrogens is 2. The number of esters is 1. The van der Waals surface area contributed by atoms with E-state index in [-0.39, 0.29) is 11.6 Å². The molecule has 3 aromatic rings. The third kappa shape index (κ3) is 5.33. The number of nitrogens with one attached hydrogen (secondary N) is 1. The molecule has 0 radical (unpaired) electrons. The molecule has 0 amide bonds. The molecule has 0 aliphatic carbocycles. The molecular formula is C29H31FN4O3. The molecule has 1 aliphatic heterocycles. The Balaban J connectivity index is 1.87. The molecule has 0 fully saturated rings. The number of carbonyl (C=O) groups is 1. The van der Waals surface area contributed by atoms with E-state index in [9.17, 15) is 14.0 Å². The van der Waals surface area contributed by atoms with Crippen LogP contribution in [0.4, 0.5) is 4.39 Å². The second-order valence-electron chi connectivity index (χ2n) is 8.90. The summed E-state index contributed by atoms with van der Waals surface area (Å²) in [6, 6.07) is 14.9. The van der Waals surface area contributed by atoms with Gasteiger partial charge in [0, 0.05) is 12.6 Å². The van der Waals surface area contributed by atoms with Gasteiger partial charge in [-0.25, -0.2) is 18.9 Å². The summed E-state index contributed by atoms with van der Waals surface area (Å²) in [5, 5.41) is 3.31. The van der Waals surface area contributed by atoms with E-state index in [4.69, 9.17) is 9.73 Å². The number of aliphatic imine (C=N–C) groups is 1. The summed E-state index contributed by atoms with van der Waals surface area (Å²) in [4.78, 5) is 31.2. The molecule has 0 unspecified atom stereocenters. The predicted octanol–water partition coefficient (Wildman–Crippen LogP) is 5.15. The summed E-state index contributed by atoms with van der Waals surface area (Å²) in [6.45, 7) is 8.49. The van der Waals surface area contributed by atoms with Crippen LogP contribution in [0.25, 0.3) is 11.1 Å². The maximum absolute atomic E-state index is 13.8. The lowest BCUT2D eigenvalue weighted by molar-refractivity contribution is -0.146. The van der Waals surface area contributed by atoms with Crippen LogP contribution in [0.5, 0.6) is 0 Å². The third-order valence-corrected chi connectivity index (χ3v) is 6.43. The van der Waals surface area contributed by atoms with Crippen LogP contribution in [0.15, 0.2) is 88.9 Å². The van der Waals surface area contributed by atoms with Crippen LogP contribution >= 0.6 is 0 Å². The lowest BCUT2D eigenvalue weighted by atomic mass is 10.0. The zero-order valence-electron chi connectivity index (χ0n) is 21.3. The van der Waals surface area contributed by atoms with Gasteiger partial charge in [-0.1, -0.05) is 55.1 Å². The van der Waals surface area contributed by atoms with Gasteiger partial charge in [0.05, 0.1) is 24.1 Å². The molecule has 8 heteroatoms. The lowest BCUT2D eigenvalue weighted by Crippen LogP contribution is -2.37. The van der Waals surface area contributed by atoms with Gasteiger partial charge in [0.25, 0.3) is 5.56 Å². The molecule has 192 valence electrons. The fourth-order valence-corrected chi connectivity index (χ4v) is 4.72. The Morgan fingerprint density at radius 3 is 2.57 bits per heavy atom. The van der Waals surface area contributed by atoms with Crippen LogP contribution in [-0.2, 0) is 16.1 Å². The molecule has 2 atom stereocenters. The Labute approximate surface area is 215 Å². The molecule has 2 aromatic carbocycles. The third-order valence-electron chi connectivity index (χ3n) is 6.43. The Morgan fingerprint density at radius 1 is 1.22 bits per heavy atom. The minimum Gasteiger partial charge on any atom is -0.467 e. The number of halogens is 1. The zero-order valence-corrected chi connectivity index (χ0v) is 21.3. The summed E-state index contributed by atoms with van der Waals surface area (Å²) in [5.41, 5.74) is 2.64. The van der Waals surface area contributed by atoms with Gasteiger partial charge in [-0.3, -0.25) is 9.48 Å². The minimum absolute atomic E-state index is 0.0461. The summed E-state index contributed by atoms with van der Waals surface area (Å²) in [7, 11) is 1.31. The molecule has 1 aromatic heterocycles. The van der Waals surface area contributed by atoms with Crippen molar-refractivity contribution >= 4 is 11.7 Å². The van der Waals surface area contributed by atoms with Gasteiger partial charge < -0.3 is 10.1 Å². The topological polar surface area (TPSA) is 77.6 Å². The van der Waals surface area contributed by atoms with Crippen molar-refractivity contribution in [2.24, 2.45) is 4.99 Å². The average molecular weight is 503 g/mol. The monoisotopic (exact) mass is 502 g/mol. The number of ether oxygens (including phenoxy) is 1. The molecule has 1 N–H and O–H groups in total. The smallest absolute Gasteiger partial charge is 0.330 e. The first-order valence-corrected chi connectivity index (χ1v) is 12.3. The molecule has 4 rings (SSSR count). The molecule has 2 heterocycles. The second-order valence-corrected chi connectivity index (χ2v) is 8.90. The number of hydrogen-bond donors (Lipinski definition) is 1. The summed E-state index contributed by atoms with van der Waals surface area (Å²) in [6.07, 6.45) is 4.79. The second kappa shape index (κ2) is 11.2. The number of hydrogen-bond acceptors (Lipinski definition) is 5. The standard InChI is InChI=1S/C29H31FN4O3/c1-5-10-24(32-20(3)31-19(2)21-11-7-6-8-12-21)27-26(22-14-16-23(30)17-15-22)28(35)34-25(29(36)37-4)13-9-18-33(27)34/h5-8,10-12,14-17,19,25,31H,3,9,13,18H2,1-2,4H3/b10-5-,32-24+/t19-,25-/m0/s1. The van der Waals surface area contributed by atoms with Crippen LogP contribution in [-0.4, -0.2) is 28.2 Å². The van der Waals surface area contributed by atoms with E-state index in [2.05, 4.69) is 11.9 Å². The van der Waals surface area contributed by atoms with E-state index in [1.807, 2.05) is 50.3 Å². The number of methoxy groups -OCH3 is 1. The maximum atomic E-state index is 13.8. The first-order valence-electron chi connectivity index (χ1n) is 12.3. The SMILES string of the molecule is C=C(/N=C(\C=C/C)c1c(-c2ccc(F)cc2)c(=O)n2n1CCC[C@H]2C(=O)OC)N[C@@H](C)c1ccccc1. The van der Waals surface area contributed by atoms with Crippen molar-refractivity contribution in [3.63, 3.8) is 0 Å². The van der Waals surface area contributed by atoms with E-state index >= 15 is 0 Å². The van der Waals surface area contributed by atoms with Crippen LogP contribution in [0.3, 0.4) is 0 Å². The van der Waals surface area contributed by atoms with E-state index < -0.39 is 17.8 Å². The van der Waals surface area contributed by atoms with Crippen LogP contribution in [0.2, 0.25) is 0 Å². The van der Waals surface area contributed by atoms with Gasteiger partial charge in [0.2, 0.25) is 0 Å². The summed E-state index contributed by atoms with van der Waals surface area (Å²) >= 11 is 0. The fourth-order valence-electron chi connectivity index (χ4n) is 4.72. The number of allylic oxidation sites excluding steroid dienone is 2. The van der Waals surface area contributed by atoms with Crippen molar-refractivity contribution in [1.82, 2.24) is 14.7 Å². The number of nitrogens with zero attached hydrogens (tertiary/aromatic N) is 3. The number of carbonyl (C=O) groups excluding carboxylic acids is 1. The molecule has 0 saturated heterocycles. The Morgan fingerprint density at radius 2 is 1.92 bits per heavy atom. The van der Waals surface area contributed by atoms with Crippen molar-refractivity contribution in [2.45, 2.75) is 45.3 Å². The normalized spacial score (nSPS) is 16.3. The molecule has 37 heavy (non-hydrogen) atoms. The number of fused-ring (bicyclic) bond motifs is 1. The quantitative estimate of drug-likeness (QED) is 0.341. The molecule has 7 nitrogen and oxygen atoms in total. The molecule has 0 bridgehead atoms. The van der Waals surface area contributed by atoms with Gasteiger partial charge in [-0.15, -0.1) is 0 Å². The highest BCUT2D eigenvalue weighted by molar-refractivity contribution is 6.12. The van der Waals surface area contributed by atoms with Gasteiger partial charge in [0.1, 0.15) is 11.6 Å². The highest BCUT2D eigenvalue weighted by atomic mass is 19.1. The van der Waals surface area contributed by atoms with E-state index in [0.29, 0.717) is 47.7 Å². The number of benzene rings is 2. The van der Waals surface area contributed by atoms with E-state index in [1.54, 1.807) is 22.9 Å². The van der Waals surface area contributed by atoms with Crippen molar-refractivity contribution < 1.29 is 13.9 Å². The molecule has 0 spiro atoms. The average Bonchev–Trinajstić information content (AvgIpc) is 3.21. The van der Waals surface area contributed by atoms with E-state index in [0.717, 1.165) is 5.56 Å². The van der Waals surface area contributed by atoms with Gasteiger partial charge in [0.15, 0.2) is 6.04 Å². The Hall–Kier alpha value is -4.20. The van der Waals surface area contributed by atoms with Gasteiger partial charge >= 0.3 is 5.97 Å². The van der Waals surface area contributed by atoms with Crippen LogP contribution in [0, 0.1) is 5.82 Å². The number of rotatable bonds is 8. The Kier molecular flexibility index (Phi) is 7.86. The first-order chi connectivity index (χ1) is 17.8. The molecule has 1 aliphatic rings. The maximum Gasteiger partial charge on any atom is 0.330 e. The largest absolute Gasteiger partial charge is 0.467 e. The highest BCUT2D eigenvalue weighted by Crippen LogP contribution is 2.29. The lowest BCUT2D eigenvalue weighted by Gasteiger charge is -2.26. The molecule has 0 saturated carbocycles. The van der Waals surface area contributed by atoms with Gasteiger partial charge in [-0.2, -0.15) is 0 Å². The zero-order chi connectivity index (χ0) is 26.5. The van der Waals surface area contributed by atoms with E-state index in [1.165, 1.54) is 23.9 Å². The van der Waals surface area contributed by atoms with Crippen molar-refractivity contribution in [2.75, 3.05) is 7.11 Å². The van der Waals surface area contributed by atoms with Crippen molar-refractivity contribution in [3.05, 3.63) is 107 Å².